The molecule has 0 aliphatic carbocycles. The zero-order valence-corrected chi connectivity index (χ0v) is 12.3. The molecule has 0 bridgehead atoms. The lowest BCUT2D eigenvalue weighted by atomic mass is 10.2. The highest BCUT2D eigenvalue weighted by atomic mass is 32.2. The first-order valence-electron chi connectivity index (χ1n) is 6.61. The first-order chi connectivity index (χ1) is 9.79. The van der Waals surface area contributed by atoms with E-state index in [1.54, 1.807) is 12.1 Å². The van der Waals surface area contributed by atoms with Gasteiger partial charge in [0.2, 0.25) is 0 Å². The molecule has 0 aromatic heterocycles. The molecule has 20 heavy (non-hydrogen) atoms. The summed E-state index contributed by atoms with van der Waals surface area (Å²) in [5.74, 6) is 1.87. The summed E-state index contributed by atoms with van der Waals surface area (Å²) in [6.07, 6.45) is 0.999. The highest BCUT2D eigenvalue weighted by Crippen LogP contribution is 2.22. The number of thioether (sulfide) groups is 1. The molecular formula is C17H17NOS. The minimum atomic E-state index is 0.660. The van der Waals surface area contributed by atoms with Gasteiger partial charge in [-0.15, -0.1) is 11.8 Å². The molecule has 0 radical (unpaired) electrons. The third-order valence-electron chi connectivity index (χ3n) is 2.89. The predicted molar refractivity (Wildman–Crippen MR) is 83.2 cm³/mol. The molecule has 0 aliphatic rings. The summed E-state index contributed by atoms with van der Waals surface area (Å²) in [7, 11) is 0. The van der Waals surface area contributed by atoms with E-state index in [-0.39, 0.29) is 0 Å². The first-order valence-corrected chi connectivity index (χ1v) is 7.59. The Labute approximate surface area is 124 Å². The van der Waals surface area contributed by atoms with E-state index in [0.29, 0.717) is 12.2 Å². The van der Waals surface area contributed by atoms with Crippen molar-refractivity contribution in [1.29, 1.82) is 5.26 Å². The third kappa shape index (κ3) is 4.32. The third-order valence-corrected chi connectivity index (χ3v) is 4.15. The lowest BCUT2D eigenvalue weighted by molar-refractivity contribution is 0.318. The van der Waals surface area contributed by atoms with E-state index in [2.05, 4.69) is 37.3 Å². The normalized spacial score (nSPS) is 10.0. The van der Waals surface area contributed by atoms with Gasteiger partial charge in [-0.25, -0.2) is 0 Å². The van der Waals surface area contributed by atoms with Gasteiger partial charge in [-0.2, -0.15) is 5.26 Å². The average Bonchev–Trinajstić information content (AvgIpc) is 2.49. The van der Waals surface area contributed by atoms with Crippen molar-refractivity contribution in [3.8, 4) is 11.8 Å². The second-order valence-electron chi connectivity index (χ2n) is 4.45. The Morgan fingerprint density at radius 1 is 1.10 bits per heavy atom. The SMILES string of the molecule is Cc1ccccc1SCCCOc1ccc(C#N)cc1. The van der Waals surface area contributed by atoms with E-state index in [1.807, 2.05) is 23.9 Å². The van der Waals surface area contributed by atoms with Gasteiger partial charge in [-0.1, -0.05) is 18.2 Å². The Kier molecular flexibility index (Phi) is 5.52. The number of ether oxygens (including phenoxy) is 1. The highest BCUT2D eigenvalue weighted by Gasteiger charge is 1.98. The Hall–Kier alpha value is -1.92. The molecule has 0 unspecified atom stereocenters. The van der Waals surface area contributed by atoms with Crippen LogP contribution in [-0.4, -0.2) is 12.4 Å². The molecule has 2 aromatic rings. The minimum absolute atomic E-state index is 0.660. The van der Waals surface area contributed by atoms with E-state index in [9.17, 15) is 0 Å². The van der Waals surface area contributed by atoms with Crippen molar-refractivity contribution < 1.29 is 4.74 Å². The smallest absolute Gasteiger partial charge is 0.119 e. The van der Waals surface area contributed by atoms with Gasteiger partial charge in [-0.3, -0.25) is 0 Å². The second kappa shape index (κ2) is 7.62. The van der Waals surface area contributed by atoms with Gasteiger partial charge in [-0.05, 0) is 49.2 Å². The number of nitriles is 1. The van der Waals surface area contributed by atoms with E-state index in [0.717, 1.165) is 17.9 Å². The predicted octanol–water partition coefficient (Wildman–Crippen LogP) is 4.43. The monoisotopic (exact) mass is 283 g/mol. The lowest BCUT2D eigenvalue weighted by Crippen LogP contribution is -1.98. The highest BCUT2D eigenvalue weighted by molar-refractivity contribution is 7.99. The topological polar surface area (TPSA) is 33.0 Å². The van der Waals surface area contributed by atoms with Crippen LogP contribution in [0.1, 0.15) is 17.5 Å². The maximum atomic E-state index is 8.71. The molecule has 0 N–H and O–H groups in total. The van der Waals surface area contributed by atoms with Crippen LogP contribution in [0.25, 0.3) is 0 Å². The number of hydrogen-bond acceptors (Lipinski definition) is 3. The number of nitrogens with zero attached hydrogens (tertiary/aromatic N) is 1. The zero-order valence-electron chi connectivity index (χ0n) is 11.5. The molecule has 3 heteroatoms. The van der Waals surface area contributed by atoms with Gasteiger partial charge in [0.15, 0.2) is 0 Å². The van der Waals surface area contributed by atoms with Crippen LogP contribution >= 0.6 is 11.8 Å². The Morgan fingerprint density at radius 3 is 2.55 bits per heavy atom. The van der Waals surface area contributed by atoms with Crippen LogP contribution in [0.15, 0.2) is 53.4 Å². The minimum Gasteiger partial charge on any atom is -0.494 e. The van der Waals surface area contributed by atoms with Crippen molar-refractivity contribution in [3.05, 3.63) is 59.7 Å². The van der Waals surface area contributed by atoms with Gasteiger partial charge in [0.1, 0.15) is 5.75 Å². The summed E-state index contributed by atoms with van der Waals surface area (Å²) >= 11 is 1.87. The van der Waals surface area contributed by atoms with Crippen molar-refractivity contribution in [1.82, 2.24) is 0 Å². The molecule has 2 rings (SSSR count). The van der Waals surface area contributed by atoms with Crippen LogP contribution < -0.4 is 4.74 Å². The quantitative estimate of drug-likeness (QED) is 0.581. The molecule has 0 spiro atoms. The van der Waals surface area contributed by atoms with Crippen LogP contribution in [0, 0.1) is 18.3 Å². The van der Waals surface area contributed by atoms with Crippen LogP contribution in [0.4, 0.5) is 0 Å². The molecule has 0 heterocycles. The molecule has 2 aromatic carbocycles. The van der Waals surface area contributed by atoms with Crippen LogP contribution in [0.2, 0.25) is 0 Å². The largest absolute Gasteiger partial charge is 0.494 e. The van der Waals surface area contributed by atoms with Gasteiger partial charge in [0.05, 0.1) is 18.2 Å². The van der Waals surface area contributed by atoms with E-state index < -0.39 is 0 Å². The van der Waals surface area contributed by atoms with E-state index in [4.69, 9.17) is 10.00 Å². The standard InChI is InChI=1S/C17H17NOS/c1-14-5-2-3-6-17(14)20-12-4-11-19-16-9-7-15(13-18)8-10-16/h2-3,5-10H,4,11-12H2,1H3. The number of aryl methyl sites for hydroxylation is 1. The number of rotatable bonds is 6. The maximum absolute atomic E-state index is 8.71. The molecule has 102 valence electrons. The maximum Gasteiger partial charge on any atom is 0.119 e. The zero-order chi connectivity index (χ0) is 14.2. The van der Waals surface area contributed by atoms with Crippen molar-refractivity contribution >= 4 is 11.8 Å². The van der Waals surface area contributed by atoms with Crippen LogP contribution in [-0.2, 0) is 0 Å². The van der Waals surface area contributed by atoms with Gasteiger partial charge < -0.3 is 4.74 Å². The fourth-order valence-electron chi connectivity index (χ4n) is 1.78. The molecule has 2 nitrogen and oxygen atoms in total. The van der Waals surface area contributed by atoms with Crippen LogP contribution in [0.3, 0.4) is 0 Å². The van der Waals surface area contributed by atoms with E-state index >= 15 is 0 Å². The summed E-state index contributed by atoms with van der Waals surface area (Å²) in [6.45, 7) is 2.83. The lowest BCUT2D eigenvalue weighted by Gasteiger charge is -2.07. The Morgan fingerprint density at radius 2 is 1.85 bits per heavy atom. The molecular weight excluding hydrogens is 266 g/mol. The van der Waals surface area contributed by atoms with Crippen molar-refractivity contribution in [2.75, 3.05) is 12.4 Å². The molecule has 0 saturated carbocycles. The van der Waals surface area contributed by atoms with Crippen molar-refractivity contribution in [2.45, 2.75) is 18.2 Å². The van der Waals surface area contributed by atoms with E-state index in [1.165, 1.54) is 10.5 Å². The fourth-order valence-corrected chi connectivity index (χ4v) is 2.73. The van der Waals surface area contributed by atoms with Gasteiger partial charge >= 0.3 is 0 Å². The van der Waals surface area contributed by atoms with Crippen LogP contribution in [0.5, 0.6) is 5.75 Å². The van der Waals surface area contributed by atoms with Crippen molar-refractivity contribution in [3.63, 3.8) is 0 Å². The number of hydrogen-bond donors (Lipinski definition) is 0. The molecule has 0 fully saturated rings. The molecule has 0 atom stereocenters. The second-order valence-corrected chi connectivity index (χ2v) is 5.59. The summed E-state index contributed by atoms with van der Waals surface area (Å²) in [5, 5.41) is 8.71. The molecule has 0 saturated heterocycles. The van der Waals surface area contributed by atoms with Gasteiger partial charge in [0, 0.05) is 10.6 Å². The fraction of sp³-hybridized carbons (Fsp3) is 0.235. The molecule has 0 aliphatic heterocycles. The molecule has 0 amide bonds. The number of benzene rings is 2. The van der Waals surface area contributed by atoms with Crippen molar-refractivity contribution in [2.24, 2.45) is 0 Å². The summed E-state index contributed by atoms with van der Waals surface area (Å²) < 4.78 is 5.65. The summed E-state index contributed by atoms with van der Waals surface area (Å²) in [4.78, 5) is 1.34. The average molecular weight is 283 g/mol. The van der Waals surface area contributed by atoms with Gasteiger partial charge in [0.25, 0.3) is 0 Å². The Balaban J connectivity index is 1.69. The summed E-state index contributed by atoms with van der Waals surface area (Å²) in [5.41, 5.74) is 1.98. The first kappa shape index (κ1) is 14.5. The Bertz CT molecular complexity index is 587. The summed E-state index contributed by atoms with van der Waals surface area (Å²) in [6, 6.07) is 17.7.